The molecule has 0 saturated heterocycles. The van der Waals surface area contributed by atoms with E-state index in [9.17, 15) is 4.79 Å². The first-order valence-electron chi connectivity index (χ1n) is 5.15. The third-order valence-electron chi connectivity index (χ3n) is 1.76. The maximum Gasteiger partial charge on any atom is 0.412 e. The summed E-state index contributed by atoms with van der Waals surface area (Å²) in [4.78, 5) is 11.6. The molecule has 3 nitrogen and oxygen atoms in total. The van der Waals surface area contributed by atoms with Gasteiger partial charge < -0.3 is 4.74 Å². The zero-order valence-corrected chi connectivity index (χ0v) is 13.2. The topological polar surface area (TPSA) is 38.3 Å². The molecular weight excluding hydrogens is 350 g/mol. The molecule has 0 saturated carbocycles. The van der Waals surface area contributed by atoms with Crippen LogP contribution in [0.5, 0.6) is 0 Å². The summed E-state index contributed by atoms with van der Waals surface area (Å²) in [6.07, 6.45) is -0.448. The van der Waals surface area contributed by atoms with Gasteiger partial charge in [-0.3, -0.25) is 5.32 Å². The van der Waals surface area contributed by atoms with Crippen molar-refractivity contribution in [1.29, 1.82) is 0 Å². The fourth-order valence-corrected chi connectivity index (χ4v) is 2.09. The number of anilines is 1. The molecule has 1 aromatic rings. The second-order valence-electron chi connectivity index (χ2n) is 4.61. The van der Waals surface area contributed by atoms with E-state index in [2.05, 4.69) is 37.2 Å². The van der Waals surface area contributed by atoms with Crippen molar-refractivity contribution in [2.75, 3.05) is 5.32 Å². The molecule has 5 heteroatoms. The van der Waals surface area contributed by atoms with Crippen LogP contribution in [-0.4, -0.2) is 11.7 Å². The first-order valence-corrected chi connectivity index (χ1v) is 7.07. The summed E-state index contributed by atoms with van der Waals surface area (Å²) >= 11 is 6.77. The van der Waals surface area contributed by atoms with Crippen LogP contribution in [0.25, 0.3) is 0 Å². The van der Waals surface area contributed by atoms with E-state index >= 15 is 0 Å². The molecule has 0 aromatic heterocycles. The summed E-state index contributed by atoms with van der Waals surface area (Å²) in [5, 5.41) is 3.43. The summed E-state index contributed by atoms with van der Waals surface area (Å²) in [6, 6.07) is 5.70. The smallest absolute Gasteiger partial charge is 0.412 e. The lowest BCUT2D eigenvalue weighted by Gasteiger charge is -2.19. The maximum absolute atomic E-state index is 11.6. The Hall–Kier alpha value is -0.550. The van der Waals surface area contributed by atoms with Crippen LogP contribution < -0.4 is 5.32 Å². The van der Waals surface area contributed by atoms with Crippen LogP contribution in [0.2, 0.25) is 0 Å². The Morgan fingerprint density at radius 1 is 1.35 bits per heavy atom. The van der Waals surface area contributed by atoms with E-state index in [4.69, 9.17) is 4.74 Å². The number of benzene rings is 1. The highest BCUT2D eigenvalue weighted by Gasteiger charge is 2.16. The van der Waals surface area contributed by atoms with E-state index in [1.165, 1.54) is 0 Å². The second-order valence-corrected chi connectivity index (χ2v) is 6.09. The van der Waals surface area contributed by atoms with Gasteiger partial charge in [0.2, 0.25) is 0 Å². The Morgan fingerprint density at radius 3 is 2.53 bits per heavy atom. The molecule has 0 unspecified atom stereocenters. The minimum Gasteiger partial charge on any atom is -0.444 e. The molecule has 0 aliphatic carbocycles. The Kier molecular flexibility index (Phi) is 5.01. The summed E-state index contributed by atoms with van der Waals surface area (Å²) in [6.45, 7) is 5.49. The van der Waals surface area contributed by atoms with E-state index in [0.29, 0.717) is 5.69 Å². The van der Waals surface area contributed by atoms with Gasteiger partial charge in [-0.05, 0) is 44.5 Å². The maximum atomic E-state index is 11.6. The highest BCUT2D eigenvalue weighted by atomic mass is 79.9. The van der Waals surface area contributed by atoms with Crippen LogP contribution in [0.15, 0.2) is 22.7 Å². The molecule has 1 N–H and O–H groups in total. The molecule has 0 radical (unpaired) electrons. The molecule has 17 heavy (non-hydrogen) atoms. The summed E-state index contributed by atoms with van der Waals surface area (Å²) in [5.41, 5.74) is 1.29. The van der Waals surface area contributed by atoms with Crippen LogP contribution in [0.4, 0.5) is 10.5 Å². The van der Waals surface area contributed by atoms with Crippen molar-refractivity contribution in [3.8, 4) is 0 Å². The van der Waals surface area contributed by atoms with Crippen LogP contribution in [-0.2, 0) is 10.1 Å². The SMILES string of the molecule is CC(C)(C)OC(=O)Nc1cc(Br)cc(CBr)c1. The third kappa shape index (κ3) is 5.55. The number of nitrogens with one attached hydrogen (secondary N) is 1. The van der Waals surface area contributed by atoms with E-state index in [1.54, 1.807) is 0 Å². The molecule has 0 atom stereocenters. The predicted molar refractivity (Wildman–Crippen MR) is 76.6 cm³/mol. The van der Waals surface area contributed by atoms with Crippen LogP contribution in [0.3, 0.4) is 0 Å². The molecule has 0 heterocycles. The molecule has 0 aliphatic rings. The minimum absolute atomic E-state index is 0.448. The highest BCUT2D eigenvalue weighted by Crippen LogP contribution is 2.21. The van der Waals surface area contributed by atoms with Crippen LogP contribution in [0, 0.1) is 0 Å². The number of halogens is 2. The van der Waals surface area contributed by atoms with Crippen molar-refractivity contribution < 1.29 is 9.53 Å². The Labute approximate surface area is 118 Å². The zero-order valence-electron chi connectivity index (χ0n) is 10.0. The molecule has 0 aliphatic heterocycles. The lowest BCUT2D eigenvalue weighted by Crippen LogP contribution is -2.27. The van der Waals surface area contributed by atoms with Gasteiger partial charge in [0.05, 0.1) is 0 Å². The first kappa shape index (κ1) is 14.5. The van der Waals surface area contributed by atoms with Crippen molar-refractivity contribution in [3.05, 3.63) is 28.2 Å². The number of hydrogen-bond acceptors (Lipinski definition) is 2. The summed E-state index contributed by atoms with van der Waals surface area (Å²) < 4.78 is 6.10. The van der Waals surface area contributed by atoms with Gasteiger partial charge in [0.1, 0.15) is 5.60 Å². The number of hydrogen-bond donors (Lipinski definition) is 1. The van der Waals surface area contributed by atoms with E-state index in [1.807, 2.05) is 39.0 Å². The predicted octanol–water partition coefficient (Wildman–Crippen LogP) is 4.69. The van der Waals surface area contributed by atoms with Crippen molar-refractivity contribution in [2.45, 2.75) is 31.7 Å². The molecule has 1 aromatic carbocycles. The van der Waals surface area contributed by atoms with Gasteiger partial charge in [0, 0.05) is 15.5 Å². The van der Waals surface area contributed by atoms with Gasteiger partial charge >= 0.3 is 6.09 Å². The minimum atomic E-state index is -0.492. The number of carbonyl (C=O) groups is 1. The molecule has 1 amide bonds. The standard InChI is InChI=1S/C12H15Br2NO2/c1-12(2,3)17-11(16)15-10-5-8(7-13)4-9(14)6-10/h4-6H,7H2,1-3H3,(H,15,16). The number of alkyl halides is 1. The molecule has 94 valence electrons. The third-order valence-corrected chi connectivity index (χ3v) is 2.86. The van der Waals surface area contributed by atoms with E-state index in [-0.39, 0.29) is 0 Å². The zero-order chi connectivity index (χ0) is 13.1. The van der Waals surface area contributed by atoms with Crippen molar-refractivity contribution in [1.82, 2.24) is 0 Å². The lowest BCUT2D eigenvalue weighted by atomic mass is 10.2. The fraction of sp³-hybridized carbons (Fsp3) is 0.417. The quantitative estimate of drug-likeness (QED) is 0.773. The van der Waals surface area contributed by atoms with Gasteiger partial charge in [-0.2, -0.15) is 0 Å². The first-order chi connectivity index (χ1) is 7.80. The lowest BCUT2D eigenvalue weighted by molar-refractivity contribution is 0.0636. The van der Waals surface area contributed by atoms with Gasteiger partial charge in [0.25, 0.3) is 0 Å². The van der Waals surface area contributed by atoms with Crippen LogP contribution >= 0.6 is 31.9 Å². The number of carbonyl (C=O) groups excluding carboxylic acids is 1. The average molecular weight is 365 g/mol. The van der Waals surface area contributed by atoms with E-state index < -0.39 is 11.7 Å². The van der Waals surface area contributed by atoms with Crippen molar-refractivity contribution >= 4 is 43.6 Å². The van der Waals surface area contributed by atoms with Crippen molar-refractivity contribution in [3.63, 3.8) is 0 Å². The molecule has 0 spiro atoms. The number of amides is 1. The summed E-state index contributed by atoms with van der Waals surface area (Å²) in [7, 11) is 0. The number of rotatable bonds is 2. The Balaban J connectivity index is 2.74. The Morgan fingerprint density at radius 2 is 2.00 bits per heavy atom. The van der Waals surface area contributed by atoms with Crippen molar-refractivity contribution in [2.24, 2.45) is 0 Å². The molecule has 0 fully saturated rings. The molecule has 0 bridgehead atoms. The molecule has 1 rings (SSSR count). The van der Waals surface area contributed by atoms with Gasteiger partial charge in [-0.25, -0.2) is 4.79 Å². The molecular formula is C12H15Br2NO2. The monoisotopic (exact) mass is 363 g/mol. The van der Waals surface area contributed by atoms with Gasteiger partial charge in [0.15, 0.2) is 0 Å². The van der Waals surface area contributed by atoms with E-state index in [0.717, 1.165) is 15.4 Å². The number of ether oxygens (including phenoxy) is 1. The fourth-order valence-electron chi connectivity index (χ4n) is 1.22. The highest BCUT2D eigenvalue weighted by molar-refractivity contribution is 9.10. The van der Waals surface area contributed by atoms with Gasteiger partial charge in [-0.15, -0.1) is 0 Å². The van der Waals surface area contributed by atoms with Crippen LogP contribution in [0.1, 0.15) is 26.3 Å². The van der Waals surface area contributed by atoms with Gasteiger partial charge in [-0.1, -0.05) is 31.9 Å². The average Bonchev–Trinajstić information content (AvgIpc) is 2.13. The summed E-state index contributed by atoms with van der Waals surface area (Å²) in [5.74, 6) is 0. The largest absolute Gasteiger partial charge is 0.444 e. The second kappa shape index (κ2) is 5.87. The Bertz CT molecular complexity index is 413. The normalized spacial score (nSPS) is 11.1.